The summed E-state index contributed by atoms with van der Waals surface area (Å²) >= 11 is 0. The number of fused-ring (bicyclic) bond motifs is 1. The van der Waals surface area contributed by atoms with Crippen LogP contribution in [-0.4, -0.2) is 32.5 Å². The van der Waals surface area contributed by atoms with E-state index < -0.39 is 15.9 Å². The number of carbonyl (C=O) groups is 1. The summed E-state index contributed by atoms with van der Waals surface area (Å²) in [7, 11) is -3.88. The Hall–Kier alpha value is -3.33. The number of nitrogens with one attached hydrogen (secondary N) is 1. The van der Waals surface area contributed by atoms with Gasteiger partial charge in [-0.15, -0.1) is 0 Å². The molecule has 0 saturated carbocycles. The van der Waals surface area contributed by atoms with Gasteiger partial charge in [0.25, 0.3) is 15.9 Å². The number of hydrogen-bond acceptors (Lipinski definition) is 6. The van der Waals surface area contributed by atoms with Crippen LogP contribution in [0.3, 0.4) is 0 Å². The fraction of sp³-hybridized carbons (Fsp3) is 0.200. The minimum atomic E-state index is -3.88. The van der Waals surface area contributed by atoms with E-state index in [0.717, 1.165) is 5.56 Å². The van der Waals surface area contributed by atoms with Crippen LogP contribution < -0.4 is 14.4 Å². The topological polar surface area (TPSA) is 102 Å². The van der Waals surface area contributed by atoms with E-state index in [4.69, 9.17) is 9.15 Å². The van der Waals surface area contributed by atoms with Crippen molar-refractivity contribution in [2.75, 3.05) is 22.8 Å². The highest BCUT2D eigenvalue weighted by Gasteiger charge is 2.31. The van der Waals surface area contributed by atoms with Crippen LogP contribution >= 0.6 is 0 Å². The van der Waals surface area contributed by atoms with Crippen LogP contribution in [0.1, 0.15) is 21.8 Å². The lowest BCUT2D eigenvalue weighted by atomic mass is 10.2. The van der Waals surface area contributed by atoms with Crippen molar-refractivity contribution in [1.29, 1.82) is 0 Å². The third-order valence-electron chi connectivity index (χ3n) is 4.60. The molecule has 2 heterocycles. The van der Waals surface area contributed by atoms with E-state index in [1.165, 1.54) is 22.8 Å². The fourth-order valence-corrected chi connectivity index (χ4v) is 4.69. The molecule has 3 aromatic rings. The second kappa shape index (κ2) is 7.25. The molecule has 1 aliphatic heterocycles. The van der Waals surface area contributed by atoms with Crippen molar-refractivity contribution in [1.82, 2.24) is 4.98 Å². The molecule has 2 aromatic carbocycles. The van der Waals surface area contributed by atoms with Crippen LogP contribution in [0.4, 0.5) is 11.4 Å². The number of amides is 1. The molecule has 150 valence electrons. The van der Waals surface area contributed by atoms with Crippen LogP contribution in [0.2, 0.25) is 0 Å². The lowest BCUT2D eigenvalue weighted by molar-refractivity contribution is 0.102. The second-order valence-corrected chi connectivity index (χ2v) is 8.46. The molecule has 1 aliphatic rings. The van der Waals surface area contributed by atoms with Crippen LogP contribution in [0.25, 0.3) is 0 Å². The Labute approximate surface area is 168 Å². The van der Waals surface area contributed by atoms with Gasteiger partial charge in [-0.3, -0.25) is 9.10 Å². The first-order chi connectivity index (χ1) is 13.9. The minimum absolute atomic E-state index is 0.00903. The van der Waals surface area contributed by atoms with Gasteiger partial charge in [0.2, 0.25) is 0 Å². The molecule has 0 fully saturated rings. The van der Waals surface area contributed by atoms with Gasteiger partial charge in [-0.2, -0.15) is 0 Å². The first kappa shape index (κ1) is 19.0. The third kappa shape index (κ3) is 3.56. The number of oxazole rings is 1. The van der Waals surface area contributed by atoms with Crippen molar-refractivity contribution in [2.24, 2.45) is 0 Å². The third-order valence-corrected chi connectivity index (χ3v) is 6.45. The van der Waals surface area contributed by atoms with Crippen LogP contribution in [0, 0.1) is 13.8 Å². The monoisotopic (exact) mass is 413 g/mol. The Morgan fingerprint density at radius 1 is 1.14 bits per heavy atom. The highest BCUT2D eigenvalue weighted by atomic mass is 32.2. The molecule has 8 nitrogen and oxygen atoms in total. The number of anilines is 2. The van der Waals surface area contributed by atoms with Gasteiger partial charge < -0.3 is 14.5 Å². The molecule has 1 N–H and O–H groups in total. The van der Waals surface area contributed by atoms with Crippen molar-refractivity contribution in [3.05, 3.63) is 65.9 Å². The van der Waals surface area contributed by atoms with Crippen LogP contribution in [0.5, 0.6) is 5.75 Å². The largest absolute Gasteiger partial charge is 0.490 e. The standard InChI is InChI=1S/C20H19N3O5S/c1-13-3-6-16(7-4-13)23-9-10-27-17-8-5-15(11-18(17)29(23,25)26)22-20(24)19-14(2)28-12-21-19/h3-8,11-12H,9-10H2,1-2H3,(H,22,24). The maximum Gasteiger partial charge on any atom is 0.277 e. The van der Waals surface area contributed by atoms with Gasteiger partial charge >= 0.3 is 0 Å². The van der Waals surface area contributed by atoms with Gasteiger partial charge in [-0.05, 0) is 44.2 Å². The van der Waals surface area contributed by atoms with Crippen molar-refractivity contribution in [3.63, 3.8) is 0 Å². The maximum absolute atomic E-state index is 13.3. The summed E-state index contributed by atoms with van der Waals surface area (Å²) in [6.07, 6.45) is 1.18. The average Bonchev–Trinajstić information content (AvgIpc) is 3.07. The first-order valence-corrected chi connectivity index (χ1v) is 10.4. The van der Waals surface area contributed by atoms with Crippen molar-refractivity contribution >= 4 is 27.3 Å². The highest BCUT2D eigenvalue weighted by Crippen LogP contribution is 2.34. The Morgan fingerprint density at radius 3 is 2.59 bits per heavy atom. The SMILES string of the molecule is Cc1ccc(N2CCOc3ccc(NC(=O)c4ncoc4C)cc3S2(=O)=O)cc1. The lowest BCUT2D eigenvalue weighted by Gasteiger charge is -2.22. The zero-order valence-corrected chi connectivity index (χ0v) is 16.7. The zero-order valence-electron chi connectivity index (χ0n) is 15.9. The number of ether oxygens (including phenoxy) is 1. The van der Waals surface area contributed by atoms with E-state index in [9.17, 15) is 13.2 Å². The van der Waals surface area contributed by atoms with Crippen molar-refractivity contribution in [2.45, 2.75) is 18.7 Å². The smallest absolute Gasteiger partial charge is 0.277 e. The highest BCUT2D eigenvalue weighted by molar-refractivity contribution is 7.93. The summed E-state index contributed by atoms with van der Waals surface area (Å²) in [6.45, 7) is 3.95. The Bertz CT molecular complexity index is 1170. The number of sulfonamides is 1. The van der Waals surface area contributed by atoms with Gasteiger partial charge in [0.15, 0.2) is 12.1 Å². The molecule has 0 spiro atoms. The van der Waals surface area contributed by atoms with Gasteiger partial charge in [-0.1, -0.05) is 17.7 Å². The maximum atomic E-state index is 13.3. The van der Waals surface area contributed by atoms with E-state index in [-0.39, 0.29) is 29.5 Å². The average molecular weight is 413 g/mol. The molecule has 1 amide bonds. The van der Waals surface area contributed by atoms with Crippen molar-refractivity contribution in [3.8, 4) is 5.75 Å². The van der Waals surface area contributed by atoms with E-state index in [1.54, 1.807) is 25.1 Å². The second-order valence-electron chi connectivity index (χ2n) is 6.63. The molecule has 0 aliphatic carbocycles. The fourth-order valence-electron chi connectivity index (χ4n) is 3.08. The Kier molecular flexibility index (Phi) is 4.75. The number of aromatic nitrogens is 1. The quantitative estimate of drug-likeness (QED) is 0.708. The molecule has 0 radical (unpaired) electrons. The minimum Gasteiger partial charge on any atom is -0.490 e. The summed E-state index contributed by atoms with van der Waals surface area (Å²) in [5.41, 5.74) is 2.04. The molecule has 29 heavy (non-hydrogen) atoms. The van der Waals surface area contributed by atoms with E-state index in [0.29, 0.717) is 17.1 Å². The zero-order chi connectivity index (χ0) is 20.6. The normalized spacial score (nSPS) is 15.2. The first-order valence-electron chi connectivity index (χ1n) is 8.94. The van der Waals surface area contributed by atoms with Crippen LogP contribution in [0.15, 0.2) is 58.2 Å². The summed E-state index contributed by atoms with van der Waals surface area (Å²) < 4.78 is 38.7. The van der Waals surface area contributed by atoms with Gasteiger partial charge in [0.05, 0.1) is 12.2 Å². The Morgan fingerprint density at radius 2 is 1.90 bits per heavy atom. The lowest BCUT2D eigenvalue weighted by Crippen LogP contribution is -2.32. The van der Waals surface area contributed by atoms with Crippen LogP contribution in [-0.2, 0) is 10.0 Å². The molecule has 0 atom stereocenters. The van der Waals surface area contributed by atoms with Gasteiger partial charge in [-0.25, -0.2) is 13.4 Å². The summed E-state index contributed by atoms with van der Waals surface area (Å²) in [6, 6.07) is 11.8. The number of rotatable bonds is 3. The molecule has 1 aromatic heterocycles. The number of benzene rings is 2. The van der Waals surface area contributed by atoms with Crippen molar-refractivity contribution < 1.29 is 22.4 Å². The molecule has 9 heteroatoms. The number of carbonyl (C=O) groups excluding carboxylic acids is 1. The van der Waals surface area contributed by atoms with Gasteiger partial charge in [0.1, 0.15) is 23.0 Å². The number of aryl methyl sites for hydroxylation is 2. The molecule has 4 rings (SSSR count). The molecule has 0 bridgehead atoms. The number of nitrogens with zero attached hydrogens (tertiary/aromatic N) is 2. The molecule has 0 unspecified atom stereocenters. The molecular formula is C20H19N3O5S. The Balaban J connectivity index is 1.70. The van der Waals surface area contributed by atoms with E-state index in [2.05, 4.69) is 10.3 Å². The van der Waals surface area contributed by atoms with E-state index in [1.807, 2.05) is 19.1 Å². The summed E-state index contributed by atoms with van der Waals surface area (Å²) in [5.74, 6) is 0.132. The molecular weight excluding hydrogens is 394 g/mol. The van der Waals surface area contributed by atoms with E-state index >= 15 is 0 Å². The van der Waals surface area contributed by atoms with Gasteiger partial charge in [0, 0.05) is 5.69 Å². The summed E-state index contributed by atoms with van der Waals surface area (Å²) in [4.78, 5) is 16.2. The predicted octanol–water partition coefficient (Wildman–Crippen LogP) is 3.13. The number of hydrogen-bond donors (Lipinski definition) is 1. The summed E-state index contributed by atoms with van der Waals surface area (Å²) in [5, 5.41) is 2.66. The molecule has 0 saturated heterocycles. The predicted molar refractivity (Wildman–Crippen MR) is 107 cm³/mol.